The van der Waals surface area contributed by atoms with Crippen molar-refractivity contribution in [3.63, 3.8) is 0 Å². The summed E-state index contributed by atoms with van der Waals surface area (Å²) in [6, 6.07) is 0.731. The quantitative estimate of drug-likeness (QED) is 0.661. The van der Waals surface area contributed by atoms with Crippen LogP contribution in [0.15, 0.2) is 0 Å². The molecule has 2 aliphatic heterocycles. The third kappa shape index (κ3) is 1.24. The lowest BCUT2D eigenvalue weighted by atomic mass is 9.77. The molecule has 1 saturated carbocycles. The van der Waals surface area contributed by atoms with Crippen LogP contribution in [0.5, 0.6) is 0 Å². The summed E-state index contributed by atoms with van der Waals surface area (Å²) in [5.74, 6) is 1.63. The van der Waals surface area contributed by atoms with Gasteiger partial charge in [-0.25, -0.2) is 0 Å². The zero-order chi connectivity index (χ0) is 10.8. The van der Waals surface area contributed by atoms with Gasteiger partial charge in [-0.05, 0) is 42.9 Å². The molecule has 86 valence electrons. The lowest BCUT2D eigenvalue weighted by Gasteiger charge is -2.39. The first-order valence-corrected chi connectivity index (χ1v) is 6.51. The van der Waals surface area contributed by atoms with Gasteiger partial charge in [-0.15, -0.1) is 0 Å². The highest BCUT2D eigenvalue weighted by molar-refractivity contribution is 5.15. The molecule has 1 aliphatic carbocycles. The van der Waals surface area contributed by atoms with Gasteiger partial charge in [0.1, 0.15) is 0 Å². The van der Waals surface area contributed by atoms with Crippen molar-refractivity contribution in [2.75, 3.05) is 6.54 Å². The van der Waals surface area contributed by atoms with Crippen LogP contribution in [0.1, 0.15) is 46.5 Å². The molecule has 15 heavy (non-hydrogen) atoms. The van der Waals surface area contributed by atoms with Gasteiger partial charge in [-0.1, -0.05) is 20.8 Å². The Kier molecular flexibility index (Phi) is 1.87. The van der Waals surface area contributed by atoms with Crippen molar-refractivity contribution < 1.29 is 0 Å². The molecular formula is C13H24N2. The molecule has 0 radical (unpaired) electrons. The highest BCUT2D eigenvalue weighted by Gasteiger charge is 2.62. The van der Waals surface area contributed by atoms with E-state index in [0.29, 0.717) is 5.41 Å². The number of hydrogen-bond acceptors (Lipinski definition) is 2. The molecule has 0 aromatic heterocycles. The van der Waals surface area contributed by atoms with E-state index >= 15 is 0 Å². The normalized spacial score (nSPS) is 53.2. The lowest BCUT2D eigenvalue weighted by Crippen LogP contribution is -2.52. The van der Waals surface area contributed by atoms with E-state index in [-0.39, 0.29) is 5.66 Å². The fourth-order valence-electron chi connectivity index (χ4n) is 4.32. The number of rotatable bonds is 0. The molecule has 0 amide bonds. The monoisotopic (exact) mass is 208 g/mol. The molecule has 0 aromatic carbocycles. The zero-order valence-corrected chi connectivity index (χ0v) is 10.3. The van der Waals surface area contributed by atoms with E-state index in [0.717, 1.165) is 17.9 Å². The molecule has 0 aromatic rings. The molecule has 3 fully saturated rings. The third-order valence-electron chi connectivity index (χ3n) is 5.30. The van der Waals surface area contributed by atoms with E-state index in [2.05, 4.69) is 25.7 Å². The molecule has 2 N–H and O–H groups in total. The molecule has 3 aliphatic rings. The number of nitrogens with two attached hydrogens (primary N) is 1. The van der Waals surface area contributed by atoms with Crippen molar-refractivity contribution in [2.45, 2.75) is 58.2 Å². The van der Waals surface area contributed by atoms with Gasteiger partial charge in [0.15, 0.2) is 0 Å². The highest BCUT2D eigenvalue weighted by atomic mass is 15.4. The first-order chi connectivity index (χ1) is 6.95. The van der Waals surface area contributed by atoms with Gasteiger partial charge in [0.25, 0.3) is 0 Å². The summed E-state index contributed by atoms with van der Waals surface area (Å²) < 4.78 is 0. The Morgan fingerprint density at radius 1 is 1.27 bits per heavy atom. The van der Waals surface area contributed by atoms with Crippen LogP contribution >= 0.6 is 0 Å². The number of hydrogen-bond donors (Lipinski definition) is 1. The minimum atomic E-state index is 0.100. The van der Waals surface area contributed by atoms with E-state index in [9.17, 15) is 0 Å². The average molecular weight is 208 g/mol. The van der Waals surface area contributed by atoms with E-state index in [1.165, 1.54) is 32.2 Å². The summed E-state index contributed by atoms with van der Waals surface area (Å²) in [7, 11) is 0. The van der Waals surface area contributed by atoms with Crippen LogP contribution in [0.2, 0.25) is 0 Å². The van der Waals surface area contributed by atoms with Crippen LogP contribution in [0.4, 0.5) is 0 Å². The summed E-state index contributed by atoms with van der Waals surface area (Å²) in [6.45, 7) is 8.52. The summed E-state index contributed by atoms with van der Waals surface area (Å²) in [6.07, 6.45) is 5.33. The minimum Gasteiger partial charge on any atom is -0.313 e. The Bertz CT molecular complexity index is 286. The van der Waals surface area contributed by atoms with Crippen LogP contribution < -0.4 is 5.73 Å². The number of fused-ring (bicyclic) bond motifs is 3. The van der Waals surface area contributed by atoms with Crippen LogP contribution in [0.25, 0.3) is 0 Å². The van der Waals surface area contributed by atoms with Crippen molar-refractivity contribution in [2.24, 2.45) is 23.0 Å². The first kappa shape index (κ1) is 10.1. The Balaban J connectivity index is 1.95. The van der Waals surface area contributed by atoms with E-state index in [1.807, 2.05) is 0 Å². The van der Waals surface area contributed by atoms with Gasteiger partial charge in [0.2, 0.25) is 0 Å². The van der Waals surface area contributed by atoms with Crippen molar-refractivity contribution in [3.8, 4) is 0 Å². The Labute approximate surface area is 93.2 Å². The average Bonchev–Trinajstić information content (AvgIpc) is 2.70. The topological polar surface area (TPSA) is 29.3 Å². The maximum atomic E-state index is 6.55. The van der Waals surface area contributed by atoms with Crippen molar-refractivity contribution >= 4 is 0 Å². The standard InChI is InChI=1S/C13H24N2/c1-9-4-5-10-8-13(10,14)15-7-6-12(2,3)11(9)15/h9-11H,4-8,14H2,1-3H3/t9?,10?,11?,13-/m0/s1. The Hall–Kier alpha value is -0.0800. The van der Waals surface area contributed by atoms with Gasteiger partial charge in [-0.2, -0.15) is 0 Å². The molecule has 2 heteroatoms. The van der Waals surface area contributed by atoms with Gasteiger partial charge in [0, 0.05) is 12.6 Å². The second-order valence-electron chi connectivity index (χ2n) is 6.82. The van der Waals surface area contributed by atoms with Crippen LogP contribution in [-0.4, -0.2) is 23.1 Å². The van der Waals surface area contributed by atoms with E-state index in [1.54, 1.807) is 0 Å². The maximum Gasteiger partial charge on any atom is 0.0723 e. The smallest absolute Gasteiger partial charge is 0.0723 e. The molecule has 0 spiro atoms. The zero-order valence-electron chi connectivity index (χ0n) is 10.3. The third-order valence-corrected chi connectivity index (χ3v) is 5.30. The van der Waals surface area contributed by atoms with E-state index < -0.39 is 0 Å². The summed E-state index contributed by atoms with van der Waals surface area (Å²) in [5.41, 5.74) is 7.12. The summed E-state index contributed by atoms with van der Waals surface area (Å²) in [5, 5.41) is 0. The molecule has 0 bridgehead atoms. The molecular weight excluding hydrogens is 184 g/mol. The highest BCUT2D eigenvalue weighted by Crippen LogP contribution is 2.57. The summed E-state index contributed by atoms with van der Waals surface area (Å²) in [4.78, 5) is 2.66. The molecule has 3 unspecified atom stereocenters. The van der Waals surface area contributed by atoms with Crippen LogP contribution in [0.3, 0.4) is 0 Å². The van der Waals surface area contributed by atoms with Gasteiger partial charge in [-0.3, -0.25) is 4.90 Å². The largest absolute Gasteiger partial charge is 0.313 e. The molecule has 3 rings (SSSR count). The maximum absolute atomic E-state index is 6.55. The molecule has 2 nitrogen and oxygen atoms in total. The molecule has 2 heterocycles. The number of nitrogens with zero attached hydrogens (tertiary/aromatic N) is 1. The van der Waals surface area contributed by atoms with Gasteiger partial charge in [0.05, 0.1) is 5.66 Å². The van der Waals surface area contributed by atoms with Crippen molar-refractivity contribution in [3.05, 3.63) is 0 Å². The predicted molar refractivity (Wildman–Crippen MR) is 62.3 cm³/mol. The SMILES string of the molecule is CC1CCC2C[C@]2(N)N2CCC(C)(C)C12. The minimum absolute atomic E-state index is 0.100. The van der Waals surface area contributed by atoms with Crippen LogP contribution in [-0.2, 0) is 0 Å². The van der Waals surface area contributed by atoms with Crippen LogP contribution in [0, 0.1) is 17.3 Å². The van der Waals surface area contributed by atoms with Crippen molar-refractivity contribution in [1.82, 2.24) is 4.90 Å². The fourth-order valence-corrected chi connectivity index (χ4v) is 4.32. The summed E-state index contributed by atoms with van der Waals surface area (Å²) >= 11 is 0. The first-order valence-electron chi connectivity index (χ1n) is 6.51. The second-order valence-corrected chi connectivity index (χ2v) is 6.82. The van der Waals surface area contributed by atoms with Crippen molar-refractivity contribution in [1.29, 1.82) is 0 Å². The Morgan fingerprint density at radius 3 is 2.73 bits per heavy atom. The predicted octanol–water partition coefficient (Wildman–Crippen LogP) is 2.19. The Morgan fingerprint density at radius 2 is 2.00 bits per heavy atom. The molecule has 4 atom stereocenters. The second kappa shape index (κ2) is 2.78. The fraction of sp³-hybridized carbons (Fsp3) is 1.00. The lowest BCUT2D eigenvalue weighted by molar-refractivity contribution is 0.0822. The van der Waals surface area contributed by atoms with E-state index in [4.69, 9.17) is 5.73 Å². The van der Waals surface area contributed by atoms with Gasteiger partial charge < -0.3 is 5.73 Å². The molecule has 2 saturated heterocycles. The van der Waals surface area contributed by atoms with Gasteiger partial charge >= 0.3 is 0 Å².